The van der Waals surface area contributed by atoms with Crippen LogP contribution in [0.2, 0.25) is 10.2 Å². The van der Waals surface area contributed by atoms with Crippen molar-refractivity contribution < 1.29 is 8.78 Å². The summed E-state index contributed by atoms with van der Waals surface area (Å²) in [6.07, 6.45) is 0.260. The van der Waals surface area contributed by atoms with Crippen LogP contribution in [0.4, 0.5) is 8.78 Å². The molecule has 0 saturated carbocycles. The Hall–Kier alpha value is -1.17. The molecule has 0 radical (unpaired) electrons. The first kappa shape index (κ1) is 15.2. The Bertz CT molecular complexity index is 656. The first-order chi connectivity index (χ1) is 9.31. The van der Waals surface area contributed by atoms with E-state index in [0.29, 0.717) is 10.8 Å². The molecule has 0 bridgehead atoms. The van der Waals surface area contributed by atoms with Gasteiger partial charge in [0.05, 0.1) is 10.7 Å². The summed E-state index contributed by atoms with van der Waals surface area (Å²) >= 11 is 11.6. The quantitative estimate of drug-likeness (QED) is 0.879. The standard InChI is InChI=1S/C13H13Cl2F2N3/c1-6-7(13(15)20(2)19-6)4-12(18)8-3-11(17)9(14)5-10(8)16/h3,5,12H,4,18H2,1-2H3. The predicted molar refractivity (Wildman–Crippen MR) is 75.0 cm³/mol. The molecule has 1 unspecified atom stereocenters. The minimum Gasteiger partial charge on any atom is -0.324 e. The molecule has 0 aliphatic carbocycles. The van der Waals surface area contributed by atoms with Gasteiger partial charge in [0.1, 0.15) is 16.8 Å². The zero-order chi connectivity index (χ0) is 15.0. The molecule has 7 heteroatoms. The van der Waals surface area contributed by atoms with Crippen molar-refractivity contribution in [1.82, 2.24) is 9.78 Å². The monoisotopic (exact) mass is 319 g/mol. The molecule has 1 heterocycles. The molecule has 0 aliphatic heterocycles. The van der Waals surface area contributed by atoms with Gasteiger partial charge in [-0.1, -0.05) is 23.2 Å². The van der Waals surface area contributed by atoms with E-state index in [1.165, 1.54) is 4.68 Å². The lowest BCUT2D eigenvalue weighted by Crippen LogP contribution is -2.16. The van der Waals surface area contributed by atoms with Crippen LogP contribution in [0.3, 0.4) is 0 Å². The van der Waals surface area contributed by atoms with Crippen molar-refractivity contribution in [1.29, 1.82) is 0 Å². The Kier molecular flexibility index (Phi) is 4.32. The second-order valence-corrected chi connectivity index (χ2v) is 5.34. The molecule has 2 N–H and O–H groups in total. The van der Waals surface area contributed by atoms with Crippen LogP contribution >= 0.6 is 23.2 Å². The van der Waals surface area contributed by atoms with Gasteiger partial charge in [0.2, 0.25) is 0 Å². The molecule has 0 amide bonds. The van der Waals surface area contributed by atoms with Crippen molar-refractivity contribution in [2.24, 2.45) is 12.8 Å². The van der Waals surface area contributed by atoms with Crippen LogP contribution in [0.15, 0.2) is 12.1 Å². The Morgan fingerprint density at radius 1 is 1.30 bits per heavy atom. The van der Waals surface area contributed by atoms with E-state index in [1.807, 2.05) is 0 Å². The molecular weight excluding hydrogens is 307 g/mol. The summed E-state index contributed by atoms with van der Waals surface area (Å²) in [6, 6.07) is 1.20. The third-order valence-corrected chi connectivity index (χ3v) is 3.90. The number of aromatic nitrogens is 2. The first-order valence-electron chi connectivity index (χ1n) is 5.89. The van der Waals surface area contributed by atoms with Crippen LogP contribution in [0, 0.1) is 18.6 Å². The molecule has 1 aromatic carbocycles. The normalized spacial score (nSPS) is 12.8. The summed E-state index contributed by atoms with van der Waals surface area (Å²) < 4.78 is 28.7. The van der Waals surface area contributed by atoms with Gasteiger partial charge in [0.25, 0.3) is 0 Å². The third-order valence-electron chi connectivity index (χ3n) is 3.13. The van der Waals surface area contributed by atoms with Gasteiger partial charge >= 0.3 is 0 Å². The lowest BCUT2D eigenvalue weighted by Gasteiger charge is -2.13. The topological polar surface area (TPSA) is 43.8 Å². The van der Waals surface area contributed by atoms with E-state index in [2.05, 4.69) is 5.10 Å². The summed E-state index contributed by atoms with van der Waals surface area (Å²) in [4.78, 5) is 0. The summed E-state index contributed by atoms with van der Waals surface area (Å²) in [5.41, 5.74) is 7.44. The molecule has 108 valence electrons. The van der Waals surface area contributed by atoms with Crippen molar-refractivity contribution in [3.63, 3.8) is 0 Å². The summed E-state index contributed by atoms with van der Waals surface area (Å²) in [5, 5.41) is 4.32. The molecule has 2 aromatic rings. The maximum atomic E-state index is 13.8. The average Bonchev–Trinajstić information content (AvgIpc) is 2.60. The third kappa shape index (κ3) is 2.80. The fourth-order valence-corrected chi connectivity index (χ4v) is 2.46. The van der Waals surface area contributed by atoms with Gasteiger partial charge in [-0.25, -0.2) is 8.78 Å². The van der Waals surface area contributed by atoms with Gasteiger partial charge in [0.15, 0.2) is 0 Å². The second-order valence-electron chi connectivity index (χ2n) is 4.58. The van der Waals surface area contributed by atoms with E-state index >= 15 is 0 Å². The molecule has 1 atom stereocenters. The number of hydrogen-bond acceptors (Lipinski definition) is 2. The largest absolute Gasteiger partial charge is 0.324 e. The molecule has 20 heavy (non-hydrogen) atoms. The van der Waals surface area contributed by atoms with E-state index in [9.17, 15) is 8.78 Å². The lowest BCUT2D eigenvalue weighted by molar-refractivity contribution is 0.561. The first-order valence-corrected chi connectivity index (χ1v) is 6.64. The number of nitrogens with zero attached hydrogens (tertiary/aromatic N) is 2. The molecule has 0 saturated heterocycles. The Morgan fingerprint density at radius 3 is 2.50 bits per heavy atom. The molecule has 3 nitrogen and oxygen atoms in total. The SMILES string of the molecule is Cc1nn(C)c(Cl)c1CC(N)c1cc(F)c(Cl)cc1F. The maximum absolute atomic E-state index is 13.8. The van der Waals surface area contributed by atoms with Crippen molar-refractivity contribution >= 4 is 23.2 Å². The van der Waals surface area contributed by atoms with Crippen LogP contribution in [0.1, 0.15) is 22.9 Å². The number of benzene rings is 1. The number of hydrogen-bond donors (Lipinski definition) is 1. The number of nitrogens with two attached hydrogens (primary N) is 1. The number of halogens is 4. The molecule has 0 spiro atoms. The number of rotatable bonds is 3. The zero-order valence-corrected chi connectivity index (χ0v) is 12.4. The van der Waals surface area contributed by atoms with Gasteiger partial charge < -0.3 is 5.73 Å². The van der Waals surface area contributed by atoms with Gasteiger partial charge in [-0.2, -0.15) is 5.10 Å². The second kappa shape index (κ2) is 5.68. The highest BCUT2D eigenvalue weighted by Gasteiger charge is 2.19. The Morgan fingerprint density at radius 2 is 1.95 bits per heavy atom. The predicted octanol–water partition coefficient (Wildman–Crippen LogP) is 3.56. The summed E-state index contributed by atoms with van der Waals surface area (Å²) in [7, 11) is 1.70. The van der Waals surface area contributed by atoms with Crippen molar-refractivity contribution in [3.05, 3.63) is 50.8 Å². The van der Waals surface area contributed by atoms with Crippen LogP contribution in [-0.2, 0) is 13.5 Å². The molecule has 2 rings (SSSR count). The van der Waals surface area contributed by atoms with Gasteiger partial charge in [0, 0.05) is 24.2 Å². The van der Waals surface area contributed by atoms with Crippen LogP contribution in [0.25, 0.3) is 0 Å². The molecule has 0 aliphatic rings. The van der Waals surface area contributed by atoms with Crippen LogP contribution in [0.5, 0.6) is 0 Å². The minimum atomic E-state index is -0.734. The average molecular weight is 320 g/mol. The fourth-order valence-electron chi connectivity index (χ4n) is 2.06. The van der Waals surface area contributed by atoms with Crippen molar-refractivity contribution in [2.75, 3.05) is 0 Å². The van der Waals surface area contributed by atoms with E-state index in [1.54, 1.807) is 14.0 Å². The van der Waals surface area contributed by atoms with Crippen LogP contribution < -0.4 is 5.73 Å². The van der Waals surface area contributed by atoms with E-state index < -0.39 is 17.7 Å². The van der Waals surface area contributed by atoms with Gasteiger partial charge in [-0.05, 0) is 25.5 Å². The van der Waals surface area contributed by atoms with Crippen LogP contribution in [-0.4, -0.2) is 9.78 Å². The molecule has 1 aromatic heterocycles. The fraction of sp³-hybridized carbons (Fsp3) is 0.308. The molecular formula is C13H13Cl2F2N3. The van der Waals surface area contributed by atoms with Gasteiger partial charge in [-0.3, -0.25) is 4.68 Å². The van der Waals surface area contributed by atoms with Crippen molar-refractivity contribution in [3.8, 4) is 0 Å². The lowest BCUT2D eigenvalue weighted by atomic mass is 9.99. The highest BCUT2D eigenvalue weighted by atomic mass is 35.5. The van der Waals surface area contributed by atoms with E-state index in [0.717, 1.165) is 17.7 Å². The molecule has 0 fully saturated rings. The number of aryl methyl sites for hydroxylation is 2. The Labute approximate surface area is 125 Å². The minimum absolute atomic E-state index is 0.0613. The van der Waals surface area contributed by atoms with E-state index in [-0.39, 0.29) is 17.0 Å². The highest BCUT2D eigenvalue weighted by molar-refractivity contribution is 6.30. The smallest absolute Gasteiger partial charge is 0.142 e. The summed E-state index contributed by atoms with van der Waals surface area (Å²) in [6.45, 7) is 1.78. The van der Waals surface area contributed by atoms with Gasteiger partial charge in [-0.15, -0.1) is 0 Å². The zero-order valence-electron chi connectivity index (χ0n) is 10.9. The summed E-state index contributed by atoms with van der Waals surface area (Å²) in [5.74, 6) is -1.34. The van der Waals surface area contributed by atoms with E-state index in [4.69, 9.17) is 28.9 Å². The Balaban J connectivity index is 2.33. The van der Waals surface area contributed by atoms with Crippen molar-refractivity contribution in [2.45, 2.75) is 19.4 Å². The highest BCUT2D eigenvalue weighted by Crippen LogP contribution is 2.28. The maximum Gasteiger partial charge on any atom is 0.142 e.